The van der Waals surface area contributed by atoms with Gasteiger partial charge in [-0.25, -0.2) is 0 Å². The fourth-order valence-electron chi connectivity index (χ4n) is 2.91. The largest absolute Gasteiger partial charge is 0.319 e. The van der Waals surface area contributed by atoms with E-state index in [0.717, 1.165) is 18.4 Å². The maximum absolute atomic E-state index is 10.6. The highest BCUT2D eigenvalue weighted by atomic mass is 33.1. The van der Waals surface area contributed by atoms with Crippen LogP contribution in [0.3, 0.4) is 0 Å². The average molecular weight is 309 g/mol. The first kappa shape index (κ1) is 17.3. The summed E-state index contributed by atoms with van der Waals surface area (Å²) in [5.41, 5.74) is 0. The van der Waals surface area contributed by atoms with E-state index in [0.29, 0.717) is 23.1 Å². The Bertz CT molecular complexity index is 327. The molecule has 0 radical (unpaired) electrons. The molecule has 0 saturated heterocycles. The van der Waals surface area contributed by atoms with E-state index >= 15 is 0 Å². The van der Waals surface area contributed by atoms with Gasteiger partial charge in [-0.15, -0.1) is 0 Å². The first-order chi connectivity index (χ1) is 9.03. The highest BCUT2D eigenvalue weighted by Gasteiger charge is 2.24. The van der Waals surface area contributed by atoms with Gasteiger partial charge in [-0.05, 0) is 35.6 Å². The van der Waals surface area contributed by atoms with Crippen molar-refractivity contribution in [2.45, 2.75) is 51.9 Å². The Hall–Kier alpha value is 0.220. The molecule has 6 heteroatoms. The predicted molar refractivity (Wildman–Crippen MR) is 81.8 cm³/mol. The summed E-state index contributed by atoms with van der Waals surface area (Å²) < 4.78 is 29.8. The third-order valence-corrected chi connectivity index (χ3v) is 5.97. The fraction of sp³-hybridized carbons (Fsp3) is 1.00. The van der Waals surface area contributed by atoms with Crippen LogP contribution in [-0.2, 0) is 9.15 Å². The predicted octanol–water partition coefficient (Wildman–Crippen LogP) is 3.11. The molecule has 0 aromatic carbocycles. The van der Waals surface area contributed by atoms with Crippen molar-refractivity contribution in [1.29, 1.82) is 0 Å². The summed E-state index contributed by atoms with van der Waals surface area (Å²) in [7, 11) is -3.28. The molecule has 0 aromatic rings. The van der Waals surface area contributed by atoms with E-state index in [1.807, 2.05) is 0 Å². The van der Waals surface area contributed by atoms with E-state index in [2.05, 4.69) is 12.2 Å². The van der Waals surface area contributed by atoms with Gasteiger partial charge in [0.15, 0.2) is 0 Å². The molecule has 1 rings (SSSR count). The van der Waals surface area contributed by atoms with Gasteiger partial charge in [-0.3, -0.25) is 4.55 Å². The van der Waals surface area contributed by atoms with Crippen LogP contribution in [0.2, 0.25) is 0 Å². The summed E-state index contributed by atoms with van der Waals surface area (Å²) in [4.78, 5) is 0. The second-order valence-corrected chi connectivity index (χ2v) is 8.87. The van der Waals surface area contributed by atoms with Crippen LogP contribution < -0.4 is 5.32 Å². The summed E-state index contributed by atoms with van der Waals surface area (Å²) in [6.45, 7) is 3.85. The maximum atomic E-state index is 10.6. The molecule has 19 heavy (non-hydrogen) atoms. The Morgan fingerprint density at radius 2 is 2.05 bits per heavy atom. The van der Waals surface area contributed by atoms with E-state index in [4.69, 9.17) is 4.55 Å². The SMILES string of the molecule is CCCCC(CNCCSS(=O)(=O)O)C1CCCC1. The monoisotopic (exact) mass is 309 g/mol. The molecule has 1 fully saturated rings. The number of nitrogens with one attached hydrogen (secondary N) is 1. The van der Waals surface area contributed by atoms with Crippen molar-refractivity contribution >= 4 is 19.9 Å². The molecule has 0 spiro atoms. The molecule has 0 aromatic heterocycles. The van der Waals surface area contributed by atoms with Gasteiger partial charge in [-0.2, -0.15) is 8.42 Å². The van der Waals surface area contributed by atoms with Crippen LogP contribution in [0.15, 0.2) is 0 Å². The molecular formula is C13H27NO3S2. The van der Waals surface area contributed by atoms with Gasteiger partial charge in [0.2, 0.25) is 0 Å². The maximum Gasteiger partial charge on any atom is 0.319 e. The van der Waals surface area contributed by atoms with Gasteiger partial charge in [0, 0.05) is 12.3 Å². The summed E-state index contributed by atoms with van der Waals surface area (Å²) in [5.74, 6) is 2.00. The van der Waals surface area contributed by atoms with Crippen LogP contribution in [0.1, 0.15) is 51.9 Å². The molecule has 2 N–H and O–H groups in total. The number of hydrogen-bond acceptors (Lipinski definition) is 4. The molecular weight excluding hydrogens is 282 g/mol. The van der Waals surface area contributed by atoms with Crippen molar-refractivity contribution in [3.8, 4) is 0 Å². The van der Waals surface area contributed by atoms with Crippen molar-refractivity contribution in [3.63, 3.8) is 0 Å². The van der Waals surface area contributed by atoms with Crippen LogP contribution in [0.5, 0.6) is 0 Å². The summed E-state index contributed by atoms with van der Waals surface area (Å²) in [6, 6.07) is 0. The van der Waals surface area contributed by atoms with Gasteiger partial charge in [0.25, 0.3) is 0 Å². The van der Waals surface area contributed by atoms with Crippen molar-refractivity contribution in [2.24, 2.45) is 11.8 Å². The minimum Gasteiger partial charge on any atom is -0.316 e. The minimum absolute atomic E-state index is 0.407. The lowest BCUT2D eigenvalue weighted by atomic mass is 9.86. The molecule has 0 amide bonds. The highest BCUT2D eigenvalue weighted by Crippen LogP contribution is 2.33. The van der Waals surface area contributed by atoms with E-state index in [9.17, 15) is 8.42 Å². The molecule has 114 valence electrons. The zero-order valence-corrected chi connectivity index (χ0v) is 13.4. The standard InChI is InChI=1S/C13H27NO3S2/c1-2-3-6-13(12-7-4-5-8-12)11-14-9-10-18-19(15,16)17/h12-14H,2-11H2,1H3,(H,15,16,17). The van der Waals surface area contributed by atoms with Gasteiger partial charge in [-0.1, -0.05) is 45.4 Å². The van der Waals surface area contributed by atoms with Gasteiger partial charge < -0.3 is 5.32 Å². The summed E-state index contributed by atoms with van der Waals surface area (Å²) in [6.07, 6.45) is 9.24. The second-order valence-electron chi connectivity index (χ2n) is 5.40. The number of rotatable bonds is 10. The Balaban J connectivity index is 2.20. The summed E-state index contributed by atoms with van der Waals surface area (Å²) in [5, 5.41) is 3.35. The zero-order chi connectivity index (χ0) is 14.1. The van der Waals surface area contributed by atoms with Crippen LogP contribution in [0.25, 0.3) is 0 Å². The highest BCUT2D eigenvalue weighted by molar-refractivity contribution is 8.69. The first-order valence-corrected chi connectivity index (χ1v) is 10.3. The lowest BCUT2D eigenvalue weighted by Gasteiger charge is -2.23. The quantitative estimate of drug-likeness (QED) is 0.369. The van der Waals surface area contributed by atoms with E-state index in [1.165, 1.54) is 44.9 Å². The van der Waals surface area contributed by atoms with Crippen LogP contribution in [0.4, 0.5) is 0 Å². The van der Waals surface area contributed by atoms with E-state index in [1.54, 1.807) is 0 Å². The Labute approximate surface area is 121 Å². The molecule has 0 heterocycles. The van der Waals surface area contributed by atoms with Gasteiger partial charge >= 0.3 is 9.15 Å². The second kappa shape index (κ2) is 9.21. The number of hydrogen-bond donors (Lipinski definition) is 2. The molecule has 1 aliphatic rings. The number of unbranched alkanes of at least 4 members (excludes halogenated alkanes) is 1. The molecule has 0 bridgehead atoms. The molecule has 1 unspecified atom stereocenters. The molecule has 4 nitrogen and oxygen atoms in total. The van der Waals surface area contributed by atoms with Crippen LogP contribution >= 0.6 is 10.8 Å². The molecule has 1 saturated carbocycles. The third kappa shape index (κ3) is 8.17. The average Bonchev–Trinajstić information content (AvgIpc) is 2.85. The lowest BCUT2D eigenvalue weighted by molar-refractivity contribution is 0.300. The fourth-order valence-corrected chi connectivity index (χ4v) is 4.23. The summed E-state index contributed by atoms with van der Waals surface area (Å²) >= 11 is 0. The Morgan fingerprint density at radius 1 is 1.37 bits per heavy atom. The van der Waals surface area contributed by atoms with E-state index in [-0.39, 0.29) is 0 Å². The normalized spacial score (nSPS) is 18.8. The van der Waals surface area contributed by atoms with Crippen molar-refractivity contribution in [2.75, 3.05) is 18.8 Å². The van der Waals surface area contributed by atoms with Gasteiger partial charge in [0.1, 0.15) is 0 Å². The molecule has 1 atom stereocenters. The zero-order valence-electron chi connectivity index (χ0n) is 11.8. The third-order valence-electron chi connectivity index (χ3n) is 3.91. The van der Waals surface area contributed by atoms with Crippen molar-refractivity contribution < 1.29 is 13.0 Å². The molecule has 0 aliphatic heterocycles. The Morgan fingerprint density at radius 3 is 2.63 bits per heavy atom. The molecule has 1 aliphatic carbocycles. The van der Waals surface area contributed by atoms with E-state index < -0.39 is 9.15 Å². The van der Waals surface area contributed by atoms with Crippen molar-refractivity contribution in [3.05, 3.63) is 0 Å². The lowest BCUT2D eigenvalue weighted by Crippen LogP contribution is -2.29. The van der Waals surface area contributed by atoms with Gasteiger partial charge in [0.05, 0.1) is 0 Å². The Kier molecular flexibility index (Phi) is 8.37. The van der Waals surface area contributed by atoms with Crippen LogP contribution in [0, 0.1) is 11.8 Å². The first-order valence-electron chi connectivity index (χ1n) is 7.35. The minimum atomic E-state index is -3.88. The smallest absolute Gasteiger partial charge is 0.316 e. The van der Waals surface area contributed by atoms with Crippen molar-refractivity contribution in [1.82, 2.24) is 5.32 Å². The van der Waals surface area contributed by atoms with Crippen LogP contribution in [-0.4, -0.2) is 31.8 Å². The topological polar surface area (TPSA) is 66.4 Å².